The molecule has 0 N–H and O–H groups in total. The van der Waals surface area contributed by atoms with Crippen molar-refractivity contribution in [2.75, 3.05) is 26.0 Å². The molecular weight excluding hydrogens is 304 g/mol. The predicted octanol–water partition coefficient (Wildman–Crippen LogP) is 0.972. The fraction of sp³-hybridized carbons (Fsp3) is 0.857. The van der Waals surface area contributed by atoms with Gasteiger partial charge in [0, 0.05) is 26.7 Å². The van der Waals surface area contributed by atoms with E-state index in [4.69, 9.17) is 4.74 Å². The Labute approximate surface area is 132 Å². The van der Waals surface area contributed by atoms with Crippen LogP contribution in [0.3, 0.4) is 0 Å². The van der Waals surface area contributed by atoms with Gasteiger partial charge in [-0.2, -0.15) is 5.10 Å². The molecule has 0 unspecified atom stereocenters. The summed E-state index contributed by atoms with van der Waals surface area (Å²) in [7, 11) is -1.73. The minimum atomic E-state index is -3.26. The van der Waals surface area contributed by atoms with Crippen LogP contribution >= 0.6 is 0 Å². The summed E-state index contributed by atoms with van der Waals surface area (Å²) in [5.74, 6) is 1.95. The molecule has 0 aliphatic carbocycles. The van der Waals surface area contributed by atoms with E-state index in [2.05, 4.69) is 10.1 Å². The van der Waals surface area contributed by atoms with Crippen molar-refractivity contribution in [1.29, 1.82) is 0 Å². The molecule has 1 aliphatic heterocycles. The van der Waals surface area contributed by atoms with Gasteiger partial charge in [-0.3, -0.25) is 0 Å². The van der Waals surface area contributed by atoms with Gasteiger partial charge in [-0.15, -0.1) is 0 Å². The minimum absolute atomic E-state index is 0.0394. The number of aryl methyl sites for hydroxylation is 2. The second-order valence-corrected chi connectivity index (χ2v) is 8.09. The first-order chi connectivity index (χ1) is 10.3. The number of sulfonamides is 1. The lowest BCUT2D eigenvalue weighted by atomic mass is 10.00. The molecule has 8 heteroatoms. The summed E-state index contributed by atoms with van der Waals surface area (Å²) in [5, 5.41) is 4.37. The molecule has 0 amide bonds. The summed E-state index contributed by atoms with van der Waals surface area (Å²) in [5.41, 5.74) is 0. The molecule has 0 bridgehead atoms. The van der Waals surface area contributed by atoms with Crippen molar-refractivity contribution < 1.29 is 13.2 Å². The number of nitrogens with zero attached hydrogens (tertiary/aromatic N) is 4. The van der Waals surface area contributed by atoms with E-state index in [1.165, 1.54) is 7.11 Å². The van der Waals surface area contributed by atoms with Crippen LogP contribution < -0.4 is 0 Å². The zero-order chi connectivity index (χ0) is 16.3. The molecule has 126 valence electrons. The highest BCUT2D eigenvalue weighted by atomic mass is 32.2. The van der Waals surface area contributed by atoms with Gasteiger partial charge in [0.2, 0.25) is 10.0 Å². The summed E-state index contributed by atoms with van der Waals surface area (Å²) in [6.45, 7) is 7.45. The van der Waals surface area contributed by atoms with Crippen molar-refractivity contribution in [1.82, 2.24) is 19.1 Å². The third-order valence-corrected chi connectivity index (χ3v) is 6.13. The number of ether oxygens (including phenoxy) is 1. The molecule has 0 spiro atoms. The van der Waals surface area contributed by atoms with Crippen LogP contribution in [0.25, 0.3) is 0 Å². The molecule has 2 rings (SSSR count). The molecule has 0 radical (unpaired) electrons. The largest absolute Gasteiger partial charge is 0.381 e. The van der Waals surface area contributed by atoms with Gasteiger partial charge in [-0.05, 0) is 39.5 Å². The Balaban J connectivity index is 2.01. The first-order valence-corrected chi connectivity index (χ1v) is 9.31. The lowest BCUT2D eigenvalue weighted by Gasteiger charge is -2.32. The molecule has 1 aromatic heterocycles. The van der Waals surface area contributed by atoms with Crippen molar-refractivity contribution >= 4 is 10.0 Å². The lowest BCUT2D eigenvalue weighted by Crippen LogP contribution is -2.43. The zero-order valence-corrected chi connectivity index (χ0v) is 14.6. The number of rotatable bonds is 6. The van der Waals surface area contributed by atoms with Crippen molar-refractivity contribution in [2.45, 2.75) is 46.3 Å². The van der Waals surface area contributed by atoms with Gasteiger partial charge in [-0.1, -0.05) is 0 Å². The van der Waals surface area contributed by atoms with E-state index in [1.54, 1.807) is 11.2 Å². The monoisotopic (exact) mass is 330 g/mol. The maximum absolute atomic E-state index is 12.4. The molecule has 0 aromatic carbocycles. The maximum atomic E-state index is 12.4. The van der Waals surface area contributed by atoms with Gasteiger partial charge in [0.1, 0.15) is 11.6 Å². The summed E-state index contributed by atoms with van der Waals surface area (Å²) >= 11 is 0. The Morgan fingerprint density at radius 3 is 2.73 bits per heavy atom. The highest BCUT2D eigenvalue weighted by Crippen LogP contribution is 2.21. The van der Waals surface area contributed by atoms with Crippen LogP contribution in [0.4, 0.5) is 0 Å². The average molecular weight is 330 g/mol. The maximum Gasteiger partial charge on any atom is 0.216 e. The number of piperidine rings is 1. The van der Waals surface area contributed by atoms with Crippen molar-refractivity contribution in [3.63, 3.8) is 0 Å². The van der Waals surface area contributed by atoms with E-state index >= 15 is 0 Å². The van der Waals surface area contributed by atoms with Gasteiger partial charge in [-0.25, -0.2) is 22.4 Å². The van der Waals surface area contributed by atoms with Crippen LogP contribution in [0, 0.1) is 19.8 Å². The highest BCUT2D eigenvalue weighted by molar-refractivity contribution is 7.89. The number of methoxy groups -OCH3 is 1. The first kappa shape index (κ1) is 17.4. The van der Waals surface area contributed by atoms with Crippen LogP contribution in [-0.4, -0.2) is 59.5 Å². The van der Waals surface area contributed by atoms with Crippen LogP contribution in [-0.2, 0) is 21.3 Å². The Morgan fingerprint density at radius 1 is 1.41 bits per heavy atom. The molecular formula is C14H26N4O3S. The SMILES string of the molecule is CO[C@H](C)CS(=O)(=O)N1CCC[C@H](Cn2nc(C)nc2C)C1. The Morgan fingerprint density at radius 2 is 2.14 bits per heavy atom. The zero-order valence-electron chi connectivity index (χ0n) is 13.8. The van der Waals surface area contributed by atoms with Gasteiger partial charge in [0.15, 0.2) is 0 Å². The number of hydrogen-bond acceptors (Lipinski definition) is 5. The fourth-order valence-corrected chi connectivity index (χ4v) is 4.66. The molecule has 1 saturated heterocycles. The molecule has 2 atom stereocenters. The molecule has 1 fully saturated rings. The molecule has 1 aromatic rings. The van der Waals surface area contributed by atoms with E-state index in [0.717, 1.165) is 31.0 Å². The van der Waals surface area contributed by atoms with Crippen molar-refractivity contribution in [3.05, 3.63) is 11.6 Å². The number of hydrogen-bond donors (Lipinski definition) is 0. The van der Waals surface area contributed by atoms with Crippen LogP contribution in [0.1, 0.15) is 31.4 Å². The van der Waals surface area contributed by atoms with Crippen molar-refractivity contribution in [2.24, 2.45) is 5.92 Å². The van der Waals surface area contributed by atoms with E-state index in [0.29, 0.717) is 13.1 Å². The molecule has 2 heterocycles. The minimum Gasteiger partial charge on any atom is -0.381 e. The first-order valence-electron chi connectivity index (χ1n) is 7.70. The predicted molar refractivity (Wildman–Crippen MR) is 84.1 cm³/mol. The summed E-state index contributed by atoms with van der Waals surface area (Å²) < 4.78 is 33.4. The fourth-order valence-electron chi connectivity index (χ4n) is 2.88. The Kier molecular flexibility index (Phi) is 5.57. The van der Waals surface area contributed by atoms with Crippen LogP contribution in [0.15, 0.2) is 0 Å². The topological polar surface area (TPSA) is 77.3 Å². The van der Waals surface area contributed by atoms with Gasteiger partial charge in [0.05, 0.1) is 11.9 Å². The molecule has 22 heavy (non-hydrogen) atoms. The van der Waals surface area contributed by atoms with E-state index in [9.17, 15) is 8.42 Å². The quantitative estimate of drug-likeness (QED) is 0.777. The van der Waals surface area contributed by atoms with Gasteiger partial charge < -0.3 is 4.74 Å². The summed E-state index contributed by atoms with van der Waals surface area (Å²) in [4.78, 5) is 4.30. The third-order valence-electron chi connectivity index (χ3n) is 4.12. The third kappa shape index (κ3) is 4.27. The van der Waals surface area contributed by atoms with Gasteiger partial charge in [0.25, 0.3) is 0 Å². The lowest BCUT2D eigenvalue weighted by molar-refractivity contribution is 0.134. The second-order valence-electron chi connectivity index (χ2n) is 6.08. The van der Waals surface area contributed by atoms with Crippen LogP contribution in [0.5, 0.6) is 0 Å². The van der Waals surface area contributed by atoms with E-state index in [1.807, 2.05) is 18.5 Å². The van der Waals surface area contributed by atoms with Gasteiger partial charge >= 0.3 is 0 Å². The van der Waals surface area contributed by atoms with E-state index in [-0.39, 0.29) is 17.8 Å². The number of aromatic nitrogens is 3. The smallest absolute Gasteiger partial charge is 0.216 e. The standard InChI is InChI=1S/C14H26N4O3S/c1-11(21-4)10-22(19,20)17-7-5-6-14(8-17)9-18-13(3)15-12(2)16-18/h11,14H,5-10H2,1-4H3/t11-,14+/m1/s1. The Bertz CT molecular complexity index is 599. The average Bonchev–Trinajstić information content (AvgIpc) is 2.76. The normalized spacial score (nSPS) is 21.9. The second kappa shape index (κ2) is 7.06. The Hall–Kier alpha value is -0.990. The molecule has 0 saturated carbocycles. The summed E-state index contributed by atoms with van der Waals surface area (Å²) in [6.07, 6.45) is 1.62. The molecule has 7 nitrogen and oxygen atoms in total. The molecule has 1 aliphatic rings. The summed E-state index contributed by atoms with van der Waals surface area (Å²) in [6, 6.07) is 0. The van der Waals surface area contributed by atoms with Crippen LogP contribution in [0.2, 0.25) is 0 Å². The van der Waals surface area contributed by atoms with E-state index < -0.39 is 10.0 Å². The van der Waals surface area contributed by atoms with Crippen molar-refractivity contribution in [3.8, 4) is 0 Å². The highest BCUT2D eigenvalue weighted by Gasteiger charge is 2.30.